The lowest BCUT2D eigenvalue weighted by Gasteiger charge is -2.17. The molecule has 1 fully saturated rings. The van der Waals surface area contributed by atoms with Gasteiger partial charge in [0.1, 0.15) is 12.4 Å². The first-order valence-corrected chi connectivity index (χ1v) is 9.24. The molecule has 1 N–H and O–H groups in total. The van der Waals surface area contributed by atoms with Crippen LogP contribution in [0.15, 0.2) is 42.5 Å². The third kappa shape index (κ3) is 2.77. The first-order valence-electron chi connectivity index (χ1n) is 9.24. The zero-order chi connectivity index (χ0) is 18.5. The molecule has 1 aromatic heterocycles. The van der Waals surface area contributed by atoms with Crippen LogP contribution in [0, 0.1) is 0 Å². The fraction of sp³-hybridized carbons (Fsp3) is 0.286. The fourth-order valence-corrected chi connectivity index (χ4v) is 3.84. The van der Waals surface area contributed by atoms with Crippen molar-refractivity contribution in [3.8, 4) is 0 Å². The maximum atomic E-state index is 12.5. The number of hydrogen-bond acceptors (Lipinski definition) is 3. The summed E-state index contributed by atoms with van der Waals surface area (Å²) in [5.41, 5.74) is 4.45. The number of carbonyl (C=O) groups excluding carboxylic acids is 2. The predicted molar refractivity (Wildman–Crippen MR) is 104 cm³/mol. The largest absolute Gasteiger partial charge is 0.331 e. The Morgan fingerprint density at radius 3 is 2.85 bits per heavy atom. The molecular weight excluding hydrogens is 340 g/mol. The first-order chi connectivity index (χ1) is 13.1. The number of carbonyl (C=O) groups is 2. The van der Waals surface area contributed by atoms with Gasteiger partial charge in [-0.15, -0.1) is 0 Å². The number of benzene rings is 2. The van der Waals surface area contributed by atoms with Crippen molar-refractivity contribution in [3.63, 3.8) is 0 Å². The molecule has 2 heterocycles. The van der Waals surface area contributed by atoms with Gasteiger partial charge in [0.2, 0.25) is 11.8 Å². The van der Waals surface area contributed by atoms with Crippen molar-refractivity contribution in [2.45, 2.75) is 25.2 Å². The number of imidazole rings is 1. The SMILES string of the molecule is Cn1c(C2CC2)nc2cc(NC(=O)CN3C(=O)Cc4ccccc43)ccc21. The van der Waals surface area contributed by atoms with E-state index in [1.165, 1.54) is 12.8 Å². The van der Waals surface area contributed by atoms with E-state index in [9.17, 15) is 9.59 Å². The zero-order valence-corrected chi connectivity index (χ0v) is 15.1. The Labute approximate surface area is 156 Å². The number of nitrogens with zero attached hydrogens (tertiary/aromatic N) is 3. The molecule has 27 heavy (non-hydrogen) atoms. The molecule has 0 spiro atoms. The van der Waals surface area contributed by atoms with Crippen molar-refractivity contribution in [2.24, 2.45) is 7.05 Å². The van der Waals surface area contributed by atoms with Gasteiger partial charge in [-0.2, -0.15) is 0 Å². The minimum Gasteiger partial charge on any atom is -0.331 e. The van der Waals surface area contributed by atoms with Crippen LogP contribution in [-0.4, -0.2) is 27.9 Å². The van der Waals surface area contributed by atoms with Crippen LogP contribution in [0.1, 0.15) is 30.1 Å². The highest BCUT2D eigenvalue weighted by atomic mass is 16.2. The molecule has 1 saturated carbocycles. The topological polar surface area (TPSA) is 67.2 Å². The van der Waals surface area contributed by atoms with E-state index in [2.05, 4.69) is 9.88 Å². The van der Waals surface area contributed by atoms with Crippen LogP contribution in [-0.2, 0) is 23.1 Å². The summed E-state index contributed by atoms with van der Waals surface area (Å²) in [6.07, 6.45) is 2.76. The van der Waals surface area contributed by atoms with Gasteiger partial charge in [0.05, 0.1) is 17.5 Å². The summed E-state index contributed by atoms with van der Waals surface area (Å²) >= 11 is 0. The van der Waals surface area contributed by atoms with Crippen molar-refractivity contribution < 1.29 is 9.59 Å². The zero-order valence-electron chi connectivity index (χ0n) is 15.1. The van der Waals surface area contributed by atoms with E-state index in [-0.39, 0.29) is 18.4 Å². The van der Waals surface area contributed by atoms with E-state index in [1.54, 1.807) is 4.90 Å². The van der Waals surface area contributed by atoms with Crippen LogP contribution in [0.5, 0.6) is 0 Å². The van der Waals surface area contributed by atoms with Crippen molar-refractivity contribution in [1.82, 2.24) is 9.55 Å². The Kier molecular flexibility index (Phi) is 3.53. The highest BCUT2D eigenvalue weighted by molar-refractivity contribution is 6.07. The number of aromatic nitrogens is 2. The molecule has 0 bridgehead atoms. The van der Waals surface area contributed by atoms with Gasteiger partial charge < -0.3 is 14.8 Å². The normalized spacial score (nSPS) is 16.0. The van der Waals surface area contributed by atoms with E-state index in [1.807, 2.05) is 49.5 Å². The average Bonchev–Trinajstić information content (AvgIpc) is 3.38. The fourth-order valence-electron chi connectivity index (χ4n) is 3.84. The van der Waals surface area contributed by atoms with Crippen LogP contribution >= 0.6 is 0 Å². The summed E-state index contributed by atoms with van der Waals surface area (Å²) in [5, 5.41) is 2.90. The van der Waals surface area contributed by atoms with E-state index in [4.69, 9.17) is 4.98 Å². The highest BCUT2D eigenvalue weighted by Gasteiger charge is 2.29. The van der Waals surface area contributed by atoms with Gasteiger partial charge in [0.15, 0.2) is 0 Å². The van der Waals surface area contributed by atoms with Crippen LogP contribution in [0.2, 0.25) is 0 Å². The van der Waals surface area contributed by atoms with E-state index < -0.39 is 0 Å². The second kappa shape index (κ2) is 5.94. The number of hydrogen-bond donors (Lipinski definition) is 1. The molecule has 136 valence electrons. The standard InChI is InChI=1S/C21H20N4O2/c1-24-18-9-8-15(11-16(18)23-21(24)13-6-7-13)22-19(26)12-25-17-5-3-2-4-14(17)10-20(25)27/h2-5,8-9,11,13H,6-7,10,12H2,1H3,(H,22,26). The summed E-state index contributed by atoms with van der Waals surface area (Å²) in [7, 11) is 2.04. The second-order valence-electron chi connectivity index (χ2n) is 7.34. The summed E-state index contributed by atoms with van der Waals surface area (Å²) in [4.78, 5) is 31.0. The lowest BCUT2D eigenvalue weighted by molar-refractivity contribution is -0.120. The van der Waals surface area contributed by atoms with Crippen LogP contribution in [0.3, 0.4) is 0 Å². The van der Waals surface area contributed by atoms with Crippen LogP contribution in [0.25, 0.3) is 11.0 Å². The number of anilines is 2. The van der Waals surface area contributed by atoms with E-state index in [0.29, 0.717) is 18.0 Å². The number of aryl methyl sites for hydroxylation is 1. The number of para-hydroxylation sites is 1. The molecule has 2 aromatic carbocycles. The molecule has 1 aliphatic heterocycles. The van der Waals surface area contributed by atoms with E-state index >= 15 is 0 Å². The minimum absolute atomic E-state index is 0.0173. The molecule has 2 aliphatic rings. The maximum Gasteiger partial charge on any atom is 0.244 e. The molecule has 2 amide bonds. The first kappa shape index (κ1) is 16.1. The molecule has 3 aromatic rings. The number of nitrogens with one attached hydrogen (secondary N) is 1. The van der Waals surface area contributed by atoms with Crippen molar-refractivity contribution in [3.05, 3.63) is 53.9 Å². The Balaban J connectivity index is 1.34. The highest BCUT2D eigenvalue weighted by Crippen LogP contribution is 2.40. The van der Waals surface area contributed by atoms with Gasteiger partial charge in [0, 0.05) is 24.3 Å². The van der Waals surface area contributed by atoms with Crippen molar-refractivity contribution in [2.75, 3.05) is 16.8 Å². The summed E-state index contributed by atoms with van der Waals surface area (Å²) < 4.78 is 2.14. The number of fused-ring (bicyclic) bond motifs is 2. The lowest BCUT2D eigenvalue weighted by atomic mass is 10.2. The average molecular weight is 360 g/mol. The Morgan fingerprint density at radius 2 is 2.04 bits per heavy atom. The molecule has 6 heteroatoms. The van der Waals surface area contributed by atoms with Gasteiger partial charge in [0.25, 0.3) is 0 Å². The Bertz CT molecular complexity index is 1080. The van der Waals surface area contributed by atoms with Gasteiger partial charge in [-0.05, 0) is 42.7 Å². The summed E-state index contributed by atoms with van der Waals surface area (Å²) in [6, 6.07) is 13.4. The summed E-state index contributed by atoms with van der Waals surface area (Å²) in [6.45, 7) is 0.0173. The molecular formula is C21H20N4O2. The molecule has 5 rings (SSSR count). The number of amides is 2. The summed E-state index contributed by atoms with van der Waals surface area (Å²) in [5.74, 6) is 1.44. The monoisotopic (exact) mass is 360 g/mol. The van der Waals surface area contributed by atoms with Gasteiger partial charge in [-0.1, -0.05) is 18.2 Å². The van der Waals surface area contributed by atoms with Gasteiger partial charge in [-0.25, -0.2) is 4.98 Å². The third-order valence-electron chi connectivity index (χ3n) is 5.37. The maximum absolute atomic E-state index is 12.5. The second-order valence-corrected chi connectivity index (χ2v) is 7.34. The van der Waals surface area contributed by atoms with Crippen molar-refractivity contribution >= 4 is 34.2 Å². The smallest absolute Gasteiger partial charge is 0.244 e. The Hall–Kier alpha value is -3.15. The molecule has 0 radical (unpaired) electrons. The van der Waals surface area contributed by atoms with Crippen LogP contribution < -0.4 is 10.2 Å². The van der Waals surface area contributed by atoms with Crippen molar-refractivity contribution in [1.29, 1.82) is 0 Å². The van der Waals surface area contributed by atoms with Gasteiger partial charge in [-0.3, -0.25) is 9.59 Å². The molecule has 1 aliphatic carbocycles. The van der Waals surface area contributed by atoms with E-state index in [0.717, 1.165) is 28.1 Å². The quantitative estimate of drug-likeness (QED) is 0.778. The molecule has 0 unspecified atom stereocenters. The third-order valence-corrected chi connectivity index (χ3v) is 5.37. The van der Waals surface area contributed by atoms with Gasteiger partial charge >= 0.3 is 0 Å². The Morgan fingerprint density at radius 1 is 1.22 bits per heavy atom. The lowest BCUT2D eigenvalue weighted by Crippen LogP contribution is -2.35. The number of rotatable bonds is 4. The molecule has 6 nitrogen and oxygen atoms in total. The minimum atomic E-state index is -0.210. The van der Waals surface area contributed by atoms with Crippen LogP contribution in [0.4, 0.5) is 11.4 Å². The predicted octanol–water partition coefficient (Wildman–Crippen LogP) is 2.98. The molecule has 0 saturated heterocycles. The molecule has 0 atom stereocenters.